The van der Waals surface area contributed by atoms with Crippen molar-refractivity contribution in [2.45, 2.75) is 24.7 Å². The Labute approximate surface area is 131 Å². The molecule has 0 aliphatic carbocycles. The van der Waals surface area contributed by atoms with Gasteiger partial charge in [-0.3, -0.25) is 0 Å². The maximum Gasteiger partial charge on any atom is 0.431 e. The molecule has 0 saturated heterocycles. The molecule has 1 N–H and O–H groups in total. The first-order valence-electron chi connectivity index (χ1n) is 7.20. The van der Waals surface area contributed by atoms with Gasteiger partial charge in [-0.05, 0) is 17.7 Å². The maximum absolute atomic E-state index is 13.5. The van der Waals surface area contributed by atoms with E-state index in [1.54, 1.807) is 60.7 Å². The second kappa shape index (κ2) is 6.04. The third kappa shape index (κ3) is 3.22. The van der Waals surface area contributed by atoms with Crippen LogP contribution in [0.1, 0.15) is 17.9 Å². The van der Waals surface area contributed by atoms with Gasteiger partial charge in [-0.15, -0.1) is 0 Å². The molecule has 0 radical (unpaired) electrons. The predicted octanol–water partition coefficient (Wildman–Crippen LogP) is 3.92. The second-order valence-electron chi connectivity index (χ2n) is 5.34. The van der Waals surface area contributed by atoms with Crippen LogP contribution in [0, 0.1) is 0 Å². The molecule has 3 rings (SSSR count). The Morgan fingerprint density at radius 3 is 2.09 bits per heavy atom. The molecular weight excluding hydrogens is 305 g/mol. The molecule has 2 aromatic carbocycles. The van der Waals surface area contributed by atoms with Gasteiger partial charge in [0.1, 0.15) is 11.9 Å². The van der Waals surface area contributed by atoms with Crippen LogP contribution in [0.5, 0.6) is 0 Å². The van der Waals surface area contributed by atoms with E-state index in [0.29, 0.717) is 11.3 Å². The minimum Gasteiger partial charge on any atom is -0.372 e. The fraction of sp³-hybridized carbons (Fsp3) is 0.235. The number of aliphatic hydroxyl groups is 1. The van der Waals surface area contributed by atoms with Gasteiger partial charge in [0.2, 0.25) is 0 Å². The van der Waals surface area contributed by atoms with Crippen molar-refractivity contribution < 1.29 is 18.3 Å². The van der Waals surface area contributed by atoms with Gasteiger partial charge in [0.25, 0.3) is 0 Å². The number of nitrogens with zero attached hydrogens (tertiary/aromatic N) is 2. The number of benzene rings is 2. The minimum absolute atomic E-state index is 0.0722. The van der Waals surface area contributed by atoms with Gasteiger partial charge in [-0.25, -0.2) is 5.01 Å². The van der Waals surface area contributed by atoms with Gasteiger partial charge in [-0.2, -0.15) is 18.3 Å². The quantitative estimate of drug-likeness (QED) is 0.910. The summed E-state index contributed by atoms with van der Waals surface area (Å²) in [5.41, 5.74) is 0.0291. The molecule has 2 atom stereocenters. The Kier molecular flexibility index (Phi) is 4.09. The van der Waals surface area contributed by atoms with Crippen molar-refractivity contribution in [3.05, 3.63) is 66.2 Å². The number of aliphatic hydroxyl groups excluding tert-OH is 1. The average Bonchev–Trinajstić information content (AvgIpc) is 2.55. The fourth-order valence-corrected chi connectivity index (χ4v) is 2.72. The lowest BCUT2D eigenvalue weighted by Gasteiger charge is -2.35. The van der Waals surface area contributed by atoms with Crippen LogP contribution >= 0.6 is 0 Å². The zero-order chi connectivity index (χ0) is 16.4. The summed E-state index contributed by atoms with van der Waals surface area (Å²) in [4.78, 5) is 0. The zero-order valence-corrected chi connectivity index (χ0v) is 12.1. The van der Waals surface area contributed by atoms with Gasteiger partial charge in [0.05, 0.1) is 5.69 Å². The minimum atomic E-state index is -4.56. The standard InChI is InChI=1S/C17H15F3N2O/c18-17(19,20)16-14(12-7-3-1-4-8-12)11-15(23)22(21-16)13-9-5-2-6-10-13/h1-10,14-15,23H,11H2. The van der Waals surface area contributed by atoms with E-state index in [0.717, 1.165) is 5.01 Å². The molecule has 1 heterocycles. The van der Waals surface area contributed by atoms with Gasteiger partial charge < -0.3 is 5.11 Å². The van der Waals surface area contributed by atoms with Crippen LogP contribution in [0.4, 0.5) is 18.9 Å². The Morgan fingerprint density at radius 1 is 0.957 bits per heavy atom. The van der Waals surface area contributed by atoms with E-state index in [-0.39, 0.29) is 6.42 Å². The van der Waals surface area contributed by atoms with Gasteiger partial charge in [0, 0.05) is 12.3 Å². The molecule has 3 nitrogen and oxygen atoms in total. The Morgan fingerprint density at radius 2 is 1.52 bits per heavy atom. The van der Waals surface area contributed by atoms with Crippen molar-refractivity contribution in [1.82, 2.24) is 0 Å². The number of para-hydroxylation sites is 1. The Hall–Kier alpha value is -2.34. The highest BCUT2D eigenvalue weighted by molar-refractivity contribution is 5.97. The number of hydrazone groups is 1. The van der Waals surface area contributed by atoms with Crippen LogP contribution in [0.2, 0.25) is 0 Å². The third-order valence-electron chi connectivity index (χ3n) is 3.79. The highest BCUT2D eigenvalue weighted by Crippen LogP contribution is 2.37. The maximum atomic E-state index is 13.5. The molecule has 2 aromatic rings. The zero-order valence-electron chi connectivity index (χ0n) is 12.1. The average molecular weight is 320 g/mol. The summed E-state index contributed by atoms with van der Waals surface area (Å²) in [7, 11) is 0. The van der Waals surface area contributed by atoms with E-state index in [1.165, 1.54) is 0 Å². The van der Waals surface area contributed by atoms with Crippen molar-refractivity contribution in [3.8, 4) is 0 Å². The second-order valence-corrected chi connectivity index (χ2v) is 5.34. The van der Waals surface area contributed by atoms with Crippen LogP contribution in [0.15, 0.2) is 65.8 Å². The molecule has 120 valence electrons. The fourth-order valence-electron chi connectivity index (χ4n) is 2.72. The normalized spacial score (nSPS) is 21.9. The van der Waals surface area contributed by atoms with E-state index < -0.39 is 24.0 Å². The Balaban J connectivity index is 2.05. The van der Waals surface area contributed by atoms with Gasteiger partial charge in [-0.1, -0.05) is 48.5 Å². The van der Waals surface area contributed by atoms with E-state index in [9.17, 15) is 18.3 Å². The highest BCUT2D eigenvalue weighted by Gasteiger charge is 2.46. The molecule has 0 saturated carbocycles. The first-order valence-corrected chi connectivity index (χ1v) is 7.20. The summed E-state index contributed by atoms with van der Waals surface area (Å²) in [6, 6.07) is 16.7. The molecule has 0 spiro atoms. The van der Waals surface area contributed by atoms with E-state index in [4.69, 9.17) is 0 Å². The van der Waals surface area contributed by atoms with Crippen LogP contribution < -0.4 is 5.01 Å². The highest BCUT2D eigenvalue weighted by atomic mass is 19.4. The lowest BCUT2D eigenvalue weighted by Crippen LogP contribution is -2.44. The van der Waals surface area contributed by atoms with Crippen molar-refractivity contribution in [1.29, 1.82) is 0 Å². The van der Waals surface area contributed by atoms with Crippen LogP contribution in [-0.4, -0.2) is 23.2 Å². The molecular formula is C17H15F3N2O. The van der Waals surface area contributed by atoms with Crippen molar-refractivity contribution >= 4 is 11.4 Å². The number of alkyl halides is 3. The first-order chi connectivity index (χ1) is 11.0. The first kappa shape index (κ1) is 15.6. The third-order valence-corrected chi connectivity index (χ3v) is 3.79. The number of rotatable bonds is 2. The number of halogens is 3. The van der Waals surface area contributed by atoms with Crippen molar-refractivity contribution in [2.75, 3.05) is 5.01 Å². The monoisotopic (exact) mass is 320 g/mol. The molecule has 0 amide bonds. The predicted molar refractivity (Wildman–Crippen MR) is 82.2 cm³/mol. The topological polar surface area (TPSA) is 35.8 Å². The molecule has 23 heavy (non-hydrogen) atoms. The van der Waals surface area contributed by atoms with E-state index in [1.807, 2.05) is 0 Å². The van der Waals surface area contributed by atoms with Crippen molar-refractivity contribution in [3.63, 3.8) is 0 Å². The largest absolute Gasteiger partial charge is 0.431 e. The molecule has 0 bridgehead atoms. The summed E-state index contributed by atoms with van der Waals surface area (Å²) in [6.07, 6.45) is -5.75. The van der Waals surface area contributed by atoms with Crippen LogP contribution in [0.3, 0.4) is 0 Å². The number of hydrogen-bond acceptors (Lipinski definition) is 3. The summed E-state index contributed by atoms with van der Waals surface area (Å²) in [6.45, 7) is 0. The molecule has 1 aliphatic heterocycles. The molecule has 1 aliphatic rings. The molecule has 0 aromatic heterocycles. The SMILES string of the molecule is OC1CC(c2ccccc2)C(C(F)(F)F)=NN1c1ccccc1. The number of anilines is 1. The summed E-state index contributed by atoms with van der Waals surface area (Å²) in [5, 5.41) is 15.1. The molecule has 2 unspecified atom stereocenters. The van der Waals surface area contributed by atoms with Crippen molar-refractivity contribution in [2.24, 2.45) is 5.10 Å². The van der Waals surface area contributed by atoms with Crippen LogP contribution in [0.25, 0.3) is 0 Å². The lowest BCUT2D eigenvalue weighted by atomic mass is 9.88. The molecule has 6 heteroatoms. The lowest BCUT2D eigenvalue weighted by molar-refractivity contribution is -0.0636. The smallest absolute Gasteiger partial charge is 0.372 e. The molecule has 0 fully saturated rings. The number of hydrogen-bond donors (Lipinski definition) is 1. The summed E-state index contributed by atoms with van der Waals surface area (Å²) >= 11 is 0. The van der Waals surface area contributed by atoms with Gasteiger partial charge >= 0.3 is 6.18 Å². The Bertz CT molecular complexity index is 686. The summed E-state index contributed by atoms with van der Waals surface area (Å²) in [5.74, 6) is -0.980. The van der Waals surface area contributed by atoms with E-state index in [2.05, 4.69) is 5.10 Å². The van der Waals surface area contributed by atoms with Crippen LogP contribution in [-0.2, 0) is 0 Å². The van der Waals surface area contributed by atoms with E-state index >= 15 is 0 Å². The van der Waals surface area contributed by atoms with Gasteiger partial charge in [0.15, 0.2) is 0 Å². The summed E-state index contributed by atoms with van der Waals surface area (Å²) < 4.78 is 40.4.